The van der Waals surface area contributed by atoms with Crippen molar-refractivity contribution >= 4 is 23.5 Å². The van der Waals surface area contributed by atoms with Crippen molar-refractivity contribution < 1.29 is 24.2 Å². The minimum atomic E-state index is -0.690. The zero-order chi connectivity index (χ0) is 25.3. The van der Waals surface area contributed by atoms with Gasteiger partial charge < -0.3 is 35.1 Å². The lowest BCUT2D eigenvalue weighted by Crippen LogP contribution is -2.55. The molecular weight excluding hydrogens is 476 g/mol. The largest absolute Gasteiger partial charge is 0.390 e. The molecule has 6 atom stereocenters. The maximum Gasteiger partial charge on any atom is 0.315 e. The number of morpholine rings is 1. The minimum Gasteiger partial charge on any atom is -0.390 e. The molecule has 4 heterocycles. The van der Waals surface area contributed by atoms with E-state index >= 15 is 0 Å². The van der Waals surface area contributed by atoms with E-state index in [1.165, 1.54) is 4.90 Å². The van der Waals surface area contributed by atoms with Crippen molar-refractivity contribution in [1.82, 2.24) is 19.7 Å². The van der Waals surface area contributed by atoms with E-state index in [0.717, 1.165) is 54.7 Å². The smallest absolute Gasteiger partial charge is 0.315 e. The number of methoxy groups -OCH3 is 1. The average molecular weight is 511 g/mol. The van der Waals surface area contributed by atoms with Crippen molar-refractivity contribution in [2.24, 2.45) is 17.8 Å². The predicted molar refractivity (Wildman–Crippen MR) is 134 cm³/mol. The van der Waals surface area contributed by atoms with Crippen LogP contribution >= 0.6 is 0 Å². The van der Waals surface area contributed by atoms with Crippen LogP contribution in [0.4, 0.5) is 11.6 Å². The van der Waals surface area contributed by atoms with E-state index in [4.69, 9.17) is 14.6 Å². The number of carbonyl (C=O) groups is 2. The molecule has 4 saturated carbocycles. The Balaban J connectivity index is 1.20. The second-order valence-electron chi connectivity index (χ2n) is 11.6. The van der Waals surface area contributed by atoms with E-state index < -0.39 is 17.4 Å². The molecule has 4 N–H and O–H groups in total. The Morgan fingerprint density at radius 3 is 2.86 bits per heavy atom. The van der Waals surface area contributed by atoms with Crippen LogP contribution in [-0.4, -0.2) is 81.7 Å². The molecule has 0 radical (unpaired) electrons. The van der Waals surface area contributed by atoms with E-state index in [1.54, 1.807) is 7.11 Å². The number of aliphatic hydroxyl groups is 1. The highest BCUT2D eigenvalue weighted by molar-refractivity contribution is 6.39. The number of carbonyl (C=O) groups excluding carboxylic acids is 2. The summed E-state index contributed by atoms with van der Waals surface area (Å²) in [5, 5.41) is 22.4. The summed E-state index contributed by atoms with van der Waals surface area (Å²) in [7, 11) is 1.59. The average Bonchev–Trinajstić information content (AvgIpc) is 3.47. The fourth-order valence-electron chi connectivity index (χ4n) is 7.98. The van der Waals surface area contributed by atoms with E-state index in [-0.39, 0.29) is 12.1 Å². The highest BCUT2D eigenvalue weighted by atomic mass is 16.5. The van der Waals surface area contributed by atoms with Crippen LogP contribution in [0.2, 0.25) is 0 Å². The third-order valence-electron chi connectivity index (χ3n) is 9.13. The van der Waals surface area contributed by atoms with Gasteiger partial charge in [-0.1, -0.05) is 0 Å². The van der Waals surface area contributed by atoms with Crippen LogP contribution in [-0.2, 0) is 25.6 Å². The van der Waals surface area contributed by atoms with E-state index in [1.807, 2.05) is 12.3 Å². The van der Waals surface area contributed by atoms with Crippen molar-refractivity contribution in [2.45, 2.75) is 56.4 Å². The Hall–Kier alpha value is -2.89. The second-order valence-corrected chi connectivity index (χ2v) is 11.6. The van der Waals surface area contributed by atoms with Gasteiger partial charge in [-0.3, -0.25) is 14.3 Å². The number of nitrogens with one attached hydrogen (secondary N) is 3. The first-order valence-electron chi connectivity index (χ1n) is 13.4. The van der Waals surface area contributed by atoms with Crippen LogP contribution in [0.15, 0.2) is 12.3 Å². The third kappa shape index (κ3) is 3.78. The summed E-state index contributed by atoms with van der Waals surface area (Å²) < 4.78 is 12.9. The van der Waals surface area contributed by atoms with Crippen LogP contribution in [0.5, 0.6) is 0 Å². The molecule has 2 aliphatic heterocycles. The van der Waals surface area contributed by atoms with E-state index in [0.29, 0.717) is 56.4 Å². The zero-order valence-electron chi connectivity index (χ0n) is 21.0. The van der Waals surface area contributed by atoms with Gasteiger partial charge in [0.25, 0.3) is 0 Å². The quantitative estimate of drug-likeness (QED) is 0.460. The zero-order valence-corrected chi connectivity index (χ0v) is 21.0. The molecule has 11 nitrogen and oxygen atoms in total. The number of ether oxygens (including phenoxy) is 2. The summed E-state index contributed by atoms with van der Waals surface area (Å²) in [6.07, 6.45) is 6.40. The summed E-state index contributed by atoms with van der Waals surface area (Å²) in [4.78, 5) is 31.0. The Kier molecular flexibility index (Phi) is 5.38. The molecule has 198 valence electrons. The van der Waals surface area contributed by atoms with Crippen LogP contribution in [0.25, 0.3) is 11.3 Å². The fourth-order valence-corrected chi connectivity index (χ4v) is 7.98. The van der Waals surface area contributed by atoms with Gasteiger partial charge in [0.15, 0.2) is 5.82 Å². The SMILES string of the molecule is COC[C@@H]1CN(C(=O)C(=O)Nc2nn(C3[C@@H]4CC5C[C@H]3CC(O)(C5)C4)c3c2CNc2[nH]ccc2-3)CCO1. The molecule has 2 aromatic heterocycles. The first-order chi connectivity index (χ1) is 17.9. The molecule has 1 saturated heterocycles. The summed E-state index contributed by atoms with van der Waals surface area (Å²) >= 11 is 0. The topological polar surface area (TPSA) is 134 Å². The number of fused-ring (bicyclic) bond motifs is 3. The lowest BCUT2D eigenvalue weighted by atomic mass is 9.52. The lowest BCUT2D eigenvalue weighted by molar-refractivity contribution is -0.149. The maximum absolute atomic E-state index is 13.1. The number of hydrogen-bond acceptors (Lipinski definition) is 7. The van der Waals surface area contributed by atoms with Crippen LogP contribution in [0.1, 0.15) is 43.7 Å². The molecular formula is C26H34N6O5. The van der Waals surface area contributed by atoms with Gasteiger partial charge in [-0.2, -0.15) is 5.10 Å². The molecule has 2 aromatic rings. The molecule has 37 heavy (non-hydrogen) atoms. The summed E-state index contributed by atoms with van der Waals surface area (Å²) in [6.45, 7) is 1.91. The highest BCUT2D eigenvalue weighted by Gasteiger charge is 2.56. The molecule has 6 aliphatic rings. The Labute approximate surface area is 214 Å². The Bertz CT molecular complexity index is 1220. The van der Waals surface area contributed by atoms with Crippen molar-refractivity contribution in [3.63, 3.8) is 0 Å². The molecule has 0 aromatic carbocycles. The standard InChI is InChI=1S/C26H34N6O5/c1-36-13-17-12-31(4-5-37-17)25(34)24(33)29-23-19-11-28-22-18(2-3-27-22)21(19)32(30-23)20-15-6-14-7-16(20)10-26(35,8-14)9-15/h2-3,14-17,20,27-28,35H,4-13H2,1H3,(H,29,30,33)/t14?,15-,16+,17-,20?,26?/m0/s1. The number of aromatic amines is 1. The molecule has 5 fully saturated rings. The Morgan fingerprint density at radius 2 is 2.11 bits per heavy atom. The van der Waals surface area contributed by atoms with Gasteiger partial charge in [-0.05, 0) is 55.9 Å². The number of aromatic nitrogens is 3. The lowest BCUT2D eigenvalue weighted by Gasteiger charge is -2.58. The van der Waals surface area contributed by atoms with Gasteiger partial charge in [0.1, 0.15) is 5.82 Å². The van der Waals surface area contributed by atoms with Crippen molar-refractivity contribution in [3.05, 3.63) is 17.8 Å². The van der Waals surface area contributed by atoms with Gasteiger partial charge in [0, 0.05) is 44.1 Å². The molecule has 4 aliphatic carbocycles. The van der Waals surface area contributed by atoms with Crippen LogP contribution in [0, 0.1) is 17.8 Å². The summed E-state index contributed by atoms with van der Waals surface area (Å²) in [5.74, 6) is 1.38. The number of nitrogens with zero attached hydrogens (tertiary/aromatic N) is 3. The monoisotopic (exact) mass is 510 g/mol. The first-order valence-corrected chi connectivity index (χ1v) is 13.4. The fraction of sp³-hybridized carbons (Fsp3) is 0.654. The minimum absolute atomic E-state index is 0.168. The second kappa shape index (κ2) is 8.57. The molecule has 0 spiro atoms. The van der Waals surface area contributed by atoms with Gasteiger partial charge in [0.05, 0.1) is 36.7 Å². The number of anilines is 2. The number of hydrogen-bond donors (Lipinski definition) is 4. The van der Waals surface area contributed by atoms with Crippen LogP contribution < -0.4 is 10.6 Å². The summed E-state index contributed by atoms with van der Waals surface area (Å²) in [6, 6.07) is 2.20. The summed E-state index contributed by atoms with van der Waals surface area (Å²) in [5.41, 5.74) is 2.36. The third-order valence-corrected chi connectivity index (χ3v) is 9.13. The van der Waals surface area contributed by atoms with E-state index in [2.05, 4.69) is 20.3 Å². The first kappa shape index (κ1) is 23.2. The van der Waals surface area contributed by atoms with Gasteiger partial charge in [-0.15, -0.1) is 0 Å². The molecule has 3 unspecified atom stereocenters. The predicted octanol–water partition coefficient (Wildman–Crippen LogP) is 1.73. The van der Waals surface area contributed by atoms with Crippen molar-refractivity contribution in [3.8, 4) is 11.3 Å². The number of amides is 2. The number of H-pyrrole nitrogens is 1. The van der Waals surface area contributed by atoms with E-state index in [9.17, 15) is 14.7 Å². The van der Waals surface area contributed by atoms with Crippen molar-refractivity contribution in [1.29, 1.82) is 0 Å². The van der Waals surface area contributed by atoms with Crippen LogP contribution in [0.3, 0.4) is 0 Å². The van der Waals surface area contributed by atoms with Crippen molar-refractivity contribution in [2.75, 3.05) is 44.0 Å². The Morgan fingerprint density at radius 1 is 1.30 bits per heavy atom. The van der Waals surface area contributed by atoms with Gasteiger partial charge in [-0.25, -0.2) is 0 Å². The molecule has 4 bridgehead atoms. The number of rotatable bonds is 4. The van der Waals surface area contributed by atoms with Gasteiger partial charge >= 0.3 is 11.8 Å². The maximum atomic E-state index is 13.1. The highest BCUT2D eigenvalue weighted by Crippen LogP contribution is 2.60. The van der Waals surface area contributed by atoms with Gasteiger partial charge in [0.2, 0.25) is 0 Å². The molecule has 11 heteroatoms. The normalized spacial score (nSPS) is 33.6. The molecule has 2 amide bonds. The molecule has 8 rings (SSSR count).